The molecule has 5 heteroatoms. The predicted molar refractivity (Wildman–Crippen MR) is 104 cm³/mol. The average molecular weight is 372 g/mol. The topological polar surface area (TPSA) is 77.8 Å². The molecule has 0 fully saturated rings. The zero-order valence-electron chi connectivity index (χ0n) is 15.7. The largest absolute Gasteiger partial charge is 0.481 e. The van der Waals surface area contributed by atoms with Crippen molar-refractivity contribution in [2.75, 3.05) is 0 Å². The summed E-state index contributed by atoms with van der Waals surface area (Å²) in [5.41, 5.74) is 5.31. The molecule has 0 aliphatic carbocycles. The molecule has 0 unspecified atom stereocenters. The molecule has 27 heavy (non-hydrogen) atoms. The molecule has 4 nitrogen and oxygen atoms in total. The van der Waals surface area contributed by atoms with E-state index in [0.717, 1.165) is 27.8 Å². The van der Waals surface area contributed by atoms with Gasteiger partial charge in [-0.3, -0.25) is 4.79 Å². The SMILES string of the molecule is Cc1cc(C)c(/C=C/[C@H](O)C[C@H](O)CC(=O)O)c(-c2ccc(F)c(C)c2)c1. The number of aryl methyl sites for hydroxylation is 3. The van der Waals surface area contributed by atoms with Gasteiger partial charge in [-0.25, -0.2) is 4.39 Å². The number of carboxylic acids is 1. The molecule has 0 radical (unpaired) electrons. The summed E-state index contributed by atoms with van der Waals surface area (Å²) in [6.45, 7) is 5.65. The van der Waals surface area contributed by atoms with Gasteiger partial charge in [-0.2, -0.15) is 0 Å². The number of carbonyl (C=O) groups is 1. The van der Waals surface area contributed by atoms with Crippen LogP contribution in [-0.4, -0.2) is 33.5 Å². The molecule has 144 valence electrons. The Morgan fingerprint density at radius 3 is 2.44 bits per heavy atom. The van der Waals surface area contributed by atoms with Crippen LogP contribution in [0.5, 0.6) is 0 Å². The quantitative estimate of drug-likeness (QED) is 0.686. The van der Waals surface area contributed by atoms with E-state index in [0.29, 0.717) is 5.56 Å². The number of rotatable bonds is 7. The van der Waals surface area contributed by atoms with Crippen molar-refractivity contribution in [3.63, 3.8) is 0 Å². The number of halogens is 1. The zero-order chi connectivity index (χ0) is 20.1. The van der Waals surface area contributed by atoms with Crippen molar-refractivity contribution in [1.29, 1.82) is 0 Å². The summed E-state index contributed by atoms with van der Waals surface area (Å²) in [6.07, 6.45) is 0.764. The second-order valence-corrected chi connectivity index (χ2v) is 6.92. The number of aliphatic hydroxyl groups excluding tert-OH is 2. The van der Waals surface area contributed by atoms with Crippen LogP contribution in [-0.2, 0) is 4.79 Å². The molecule has 0 saturated heterocycles. The van der Waals surface area contributed by atoms with E-state index >= 15 is 0 Å². The molecule has 2 rings (SSSR count). The third kappa shape index (κ3) is 5.74. The lowest BCUT2D eigenvalue weighted by Crippen LogP contribution is -2.19. The first kappa shape index (κ1) is 20.8. The van der Waals surface area contributed by atoms with Gasteiger partial charge in [0.15, 0.2) is 0 Å². The van der Waals surface area contributed by atoms with E-state index in [1.807, 2.05) is 26.0 Å². The van der Waals surface area contributed by atoms with Crippen molar-refractivity contribution < 1.29 is 24.5 Å². The highest BCUT2D eigenvalue weighted by atomic mass is 19.1. The van der Waals surface area contributed by atoms with Gasteiger partial charge >= 0.3 is 5.97 Å². The number of hydrogen-bond donors (Lipinski definition) is 3. The van der Waals surface area contributed by atoms with Gasteiger partial charge < -0.3 is 15.3 Å². The third-order valence-electron chi connectivity index (χ3n) is 4.41. The van der Waals surface area contributed by atoms with Crippen molar-refractivity contribution in [2.45, 2.75) is 45.8 Å². The van der Waals surface area contributed by atoms with E-state index in [1.165, 1.54) is 6.07 Å². The smallest absolute Gasteiger partial charge is 0.305 e. The molecular formula is C22H25FO4. The van der Waals surface area contributed by atoms with Gasteiger partial charge in [-0.1, -0.05) is 35.9 Å². The lowest BCUT2D eigenvalue weighted by molar-refractivity contribution is -0.139. The minimum Gasteiger partial charge on any atom is -0.481 e. The highest BCUT2D eigenvalue weighted by Gasteiger charge is 2.14. The van der Waals surface area contributed by atoms with Crippen LogP contribution in [0.3, 0.4) is 0 Å². The number of aliphatic carboxylic acids is 1. The Hall–Kier alpha value is -2.50. The van der Waals surface area contributed by atoms with Gasteiger partial charge in [-0.05, 0) is 60.7 Å². The first-order valence-corrected chi connectivity index (χ1v) is 8.81. The molecule has 0 aromatic heterocycles. The molecule has 0 aliphatic heterocycles. The Labute approximate surface area is 158 Å². The summed E-state index contributed by atoms with van der Waals surface area (Å²) in [6, 6.07) is 8.97. The molecule has 0 spiro atoms. The zero-order valence-corrected chi connectivity index (χ0v) is 15.7. The summed E-state index contributed by atoms with van der Waals surface area (Å²) < 4.78 is 13.6. The van der Waals surface area contributed by atoms with Gasteiger partial charge in [-0.15, -0.1) is 0 Å². The Morgan fingerprint density at radius 1 is 1.11 bits per heavy atom. The van der Waals surface area contributed by atoms with E-state index in [1.54, 1.807) is 31.2 Å². The number of aliphatic hydroxyl groups is 2. The fourth-order valence-corrected chi connectivity index (χ4v) is 3.10. The van der Waals surface area contributed by atoms with Gasteiger partial charge in [0.2, 0.25) is 0 Å². The molecule has 0 heterocycles. The first-order valence-electron chi connectivity index (χ1n) is 8.81. The van der Waals surface area contributed by atoms with Crippen LogP contribution in [0, 0.1) is 26.6 Å². The standard InChI is InChI=1S/C22H25FO4/c1-13-8-14(2)19(6-5-17(24)11-18(25)12-22(26)27)20(9-13)16-4-7-21(23)15(3)10-16/h4-10,17-18,24-25H,11-12H2,1-3H3,(H,26,27)/b6-5+/t17-,18-/m0/s1. The molecule has 3 N–H and O–H groups in total. The average Bonchev–Trinajstić information content (AvgIpc) is 2.55. The maximum Gasteiger partial charge on any atom is 0.305 e. The summed E-state index contributed by atoms with van der Waals surface area (Å²) in [4.78, 5) is 10.6. The van der Waals surface area contributed by atoms with Crippen molar-refractivity contribution in [3.8, 4) is 11.1 Å². The lowest BCUT2D eigenvalue weighted by Gasteiger charge is -2.14. The van der Waals surface area contributed by atoms with E-state index in [2.05, 4.69) is 0 Å². The lowest BCUT2D eigenvalue weighted by atomic mass is 9.92. The van der Waals surface area contributed by atoms with Gasteiger partial charge in [0.05, 0.1) is 18.6 Å². The molecule has 0 amide bonds. The van der Waals surface area contributed by atoms with Crippen LogP contribution < -0.4 is 0 Å². The minimum absolute atomic E-state index is 0.0568. The molecule has 0 aliphatic rings. The van der Waals surface area contributed by atoms with Crippen LogP contribution in [0.2, 0.25) is 0 Å². The van der Waals surface area contributed by atoms with Crippen molar-refractivity contribution in [1.82, 2.24) is 0 Å². The fourth-order valence-electron chi connectivity index (χ4n) is 3.10. The van der Waals surface area contributed by atoms with Gasteiger partial charge in [0.25, 0.3) is 0 Å². The van der Waals surface area contributed by atoms with Crippen molar-refractivity contribution in [3.05, 3.63) is 64.5 Å². The summed E-state index contributed by atoms with van der Waals surface area (Å²) in [5.74, 6) is -1.37. The fraction of sp³-hybridized carbons (Fsp3) is 0.318. The Bertz CT molecular complexity index is 858. The van der Waals surface area contributed by atoms with Crippen LogP contribution in [0.1, 0.15) is 35.1 Å². The highest BCUT2D eigenvalue weighted by Crippen LogP contribution is 2.30. The van der Waals surface area contributed by atoms with Crippen molar-refractivity contribution >= 4 is 12.0 Å². The molecule has 2 aromatic carbocycles. The predicted octanol–water partition coefficient (Wildman–Crippen LogP) is 4.02. The van der Waals surface area contributed by atoms with E-state index in [9.17, 15) is 19.4 Å². The van der Waals surface area contributed by atoms with Crippen LogP contribution >= 0.6 is 0 Å². The number of carboxylic acid groups (broad SMARTS) is 1. The minimum atomic E-state index is -1.11. The highest BCUT2D eigenvalue weighted by molar-refractivity contribution is 5.78. The Morgan fingerprint density at radius 2 is 1.81 bits per heavy atom. The summed E-state index contributed by atoms with van der Waals surface area (Å²) in [7, 11) is 0. The molecular weight excluding hydrogens is 347 g/mol. The third-order valence-corrected chi connectivity index (χ3v) is 4.41. The van der Waals surface area contributed by atoms with Gasteiger partial charge in [0, 0.05) is 6.42 Å². The van der Waals surface area contributed by atoms with E-state index < -0.39 is 24.6 Å². The number of benzene rings is 2. The Balaban J connectivity index is 2.33. The normalized spacial score (nSPS) is 13.7. The van der Waals surface area contributed by atoms with E-state index in [-0.39, 0.29) is 12.2 Å². The number of hydrogen-bond acceptors (Lipinski definition) is 3. The van der Waals surface area contributed by atoms with Gasteiger partial charge in [0.1, 0.15) is 5.82 Å². The monoisotopic (exact) mass is 372 g/mol. The summed E-state index contributed by atoms with van der Waals surface area (Å²) in [5, 5.41) is 28.4. The molecule has 0 saturated carbocycles. The van der Waals surface area contributed by atoms with Crippen LogP contribution in [0.4, 0.5) is 4.39 Å². The molecule has 2 aromatic rings. The van der Waals surface area contributed by atoms with Crippen LogP contribution in [0.25, 0.3) is 17.2 Å². The maximum absolute atomic E-state index is 13.6. The maximum atomic E-state index is 13.6. The van der Waals surface area contributed by atoms with Crippen LogP contribution in [0.15, 0.2) is 36.4 Å². The van der Waals surface area contributed by atoms with E-state index in [4.69, 9.17) is 5.11 Å². The Kier molecular flexibility index (Phi) is 6.88. The summed E-state index contributed by atoms with van der Waals surface area (Å²) >= 11 is 0. The second-order valence-electron chi connectivity index (χ2n) is 6.92. The van der Waals surface area contributed by atoms with Crippen molar-refractivity contribution in [2.24, 2.45) is 0 Å². The molecule has 0 bridgehead atoms. The molecule has 2 atom stereocenters. The first-order chi connectivity index (χ1) is 12.7. The second kappa shape index (κ2) is 8.93.